The van der Waals surface area contributed by atoms with Gasteiger partial charge in [0.2, 0.25) is 0 Å². The smallest absolute Gasteiger partial charge is 0.311 e. The molecule has 0 saturated carbocycles. The minimum atomic E-state index is -1.82. The average Bonchev–Trinajstić information content (AvgIpc) is 3.36. The molecular formula is C37H65NO12. The second-order valence-corrected chi connectivity index (χ2v) is 16.3. The Kier molecular flexibility index (Phi) is 12.8. The van der Waals surface area contributed by atoms with Crippen molar-refractivity contribution in [3.63, 3.8) is 0 Å². The van der Waals surface area contributed by atoms with Crippen molar-refractivity contribution in [1.82, 2.24) is 4.90 Å². The molecular weight excluding hydrogens is 650 g/mol. The Morgan fingerprint density at radius 3 is 2.28 bits per heavy atom. The first-order chi connectivity index (χ1) is 23.1. The average molecular weight is 716 g/mol. The lowest BCUT2D eigenvalue weighted by Gasteiger charge is -2.48. The Labute approximate surface area is 298 Å². The summed E-state index contributed by atoms with van der Waals surface area (Å²) >= 11 is 0. The van der Waals surface area contributed by atoms with Crippen LogP contribution in [0.1, 0.15) is 94.9 Å². The van der Waals surface area contributed by atoms with Crippen molar-refractivity contribution < 1.29 is 58.4 Å². The van der Waals surface area contributed by atoms with Crippen LogP contribution in [0, 0.1) is 17.8 Å². The third-order valence-corrected chi connectivity index (χ3v) is 11.9. The summed E-state index contributed by atoms with van der Waals surface area (Å²) in [6.07, 6.45) is -7.24. The lowest BCUT2D eigenvalue weighted by Crippen LogP contribution is -2.60. The van der Waals surface area contributed by atoms with E-state index in [1.807, 2.05) is 53.6 Å². The van der Waals surface area contributed by atoms with Gasteiger partial charge in [0.25, 0.3) is 0 Å². The molecule has 0 spiro atoms. The molecule has 0 aliphatic carbocycles. The summed E-state index contributed by atoms with van der Waals surface area (Å²) in [5.41, 5.74) is -2.95. The number of ether oxygens (including phenoxy) is 7. The highest BCUT2D eigenvalue weighted by atomic mass is 16.7. The van der Waals surface area contributed by atoms with E-state index in [1.165, 1.54) is 14.0 Å². The standard InChI is InChI=1S/C37H65NO12/c1-14-25(39)37(10,43)32-20(4)28-18(2)16-36(9,50-28)31(49-34-27(40)24(38(11)12)15-19(3)45-34)21(5)29(22(6)33(42)48-32)47-26-17-35(8,44-13)30(41)23(7)46-26/h19-27,29-32,34,39-41,43H,14-17H2,1-13H3/t19-,20+,21+,22-,23+,24+,25+,26+,27-,29+,30+,31-,32-,34+,35-,36-,37-/m1/s1. The number of carbonyl (C=O) groups excluding carboxylic acids is 1. The molecule has 0 unspecified atom stereocenters. The van der Waals surface area contributed by atoms with Crippen LogP contribution in [-0.2, 0) is 38.0 Å². The molecule has 13 heteroatoms. The van der Waals surface area contributed by atoms with Crippen LogP contribution in [0.2, 0.25) is 0 Å². The number of aliphatic hydroxyl groups is 4. The Balaban J connectivity index is 1.83. The van der Waals surface area contributed by atoms with E-state index in [0.717, 1.165) is 5.57 Å². The Bertz CT molecular complexity index is 1210. The van der Waals surface area contributed by atoms with Gasteiger partial charge in [0.1, 0.15) is 41.4 Å². The number of hydrogen-bond donors (Lipinski definition) is 4. The number of cyclic esters (lactones) is 1. The maximum absolute atomic E-state index is 14.3. The Hall–Kier alpha value is -1.39. The number of nitrogens with zero attached hydrogens (tertiary/aromatic N) is 1. The van der Waals surface area contributed by atoms with Gasteiger partial charge in [-0.1, -0.05) is 20.8 Å². The lowest BCUT2D eigenvalue weighted by molar-refractivity contribution is -0.316. The van der Waals surface area contributed by atoms with E-state index in [0.29, 0.717) is 18.6 Å². The van der Waals surface area contributed by atoms with Gasteiger partial charge in [0.15, 0.2) is 12.6 Å². The predicted molar refractivity (Wildman–Crippen MR) is 184 cm³/mol. The number of methoxy groups -OCH3 is 1. The number of esters is 1. The highest BCUT2D eigenvalue weighted by molar-refractivity contribution is 5.73. The van der Waals surface area contributed by atoms with Crippen LogP contribution < -0.4 is 0 Å². The van der Waals surface area contributed by atoms with Gasteiger partial charge < -0.3 is 58.5 Å². The van der Waals surface area contributed by atoms with Crippen molar-refractivity contribution in [2.75, 3.05) is 21.2 Å². The zero-order valence-corrected chi connectivity index (χ0v) is 32.4. The molecule has 4 heterocycles. The largest absolute Gasteiger partial charge is 0.488 e. The number of hydrogen-bond acceptors (Lipinski definition) is 13. The fraction of sp³-hybridized carbons (Fsp3) is 0.919. The summed E-state index contributed by atoms with van der Waals surface area (Å²) in [4.78, 5) is 16.2. The molecule has 13 nitrogen and oxygen atoms in total. The van der Waals surface area contributed by atoms with E-state index < -0.39 is 95.8 Å². The highest BCUT2D eigenvalue weighted by Gasteiger charge is 2.57. The minimum absolute atomic E-state index is 0.174. The fourth-order valence-electron chi connectivity index (χ4n) is 8.73. The molecule has 0 aromatic heterocycles. The van der Waals surface area contributed by atoms with E-state index in [4.69, 9.17) is 33.2 Å². The monoisotopic (exact) mass is 715 g/mol. The van der Waals surface area contributed by atoms with Gasteiger partial charge in [-0.05, 0) is 81.0 Å². The topological polar surface area (TPSA) is 166 Å². The Morgan fingerprint density at radius 2 is 1.70 bits per heavy atom. The van der Waals surface area contributed by atoms with Gasteiger partial charge in [0, 0.05) is 31.9 Å². The number of aliphatic hydroxyl groups excluding tert-OH is 3. The van der Waals surface area contributed by atoms with E-state index in [9.17, 15) is 25.2 Å². The number of fused-ring (bicyclic) bond motifs is 2. The van der Waals surface area contributed by atoms with Crippen molar-refractivity contribution in [2.45, 2.75) is 179 Å². The van der Waals surface area contributed by atoms with Crippen LogP contribution in [0.15, 0.2) is 11.3 Å². The molecule has 2 bridgehead atoms. The molecule has 50 heavy (non-hydrogen) atoms. The first-order valence-electron chi connectivity index (χ1n) is 18.3. The van der Waals surface area contributed by atoms with E-state index in [-0.39, 0.29) is 25.0 Å². The third-order valence-electron chi connectivity index (χ3n) is 11.9. The summed E-state index contributed by atoms with van der Waals surface area (Å²) in [7, 11) is 5.35. The van der Waals surface area contributed by atoms with Crippen LogP contribution >= 0.6 is 0 Å². The Morgan fingerprint density at radius 1 is 1.06 bits per heavy atom. The molecule has 3 fully saturated rings. The molecule has 0 aromatic rings. The summed E-state index contributed by atoms with van der Waals surface area (Å²) in [5, 5.41) is 45.2. The number of likely N-dealkylation sites (N-methyl/N-ethyl adjacent to an activating group) is 1. The van der Waals surface area contributed by atoms with Crippen molar-refractivity contribution in [3.8, 4) is 0 Å². The zero-order chi connectivity index (χ0) is 37.7. The van der Waals surface area contributed by atoms with E-state index >= 15 is 0 Å². The van der Waals surface area contributed by atoms with E-state index in [1.54, 1.807) is 27.7 Å². The quantitative estimate of drug-likeness (QED) is 0.258. The summed E-state index contributed by atoms with van der Waals surface area (Å²) in [5.74, 6) is -2.26. The van der Waals surface area contributed by atoms with Crippen LogP contribution in [0.25, 0.3) is 0 Å². The molecule has 0 aromatic carbocycles. The van der Waals surface area contributed by atoms with Crippen molar-refractivity contribution in [1.29, 1.82) is 0 Å². The maximum atomic E-state index is 14.3. The molecule has 3 saturated heterocycles. The van der Waals surface area contributed by atoms with Gasteiger partial charge >= 0.3 is 5.97 Å². The first-order valence-corrected chi connectivity index (χ1v) is 18.3. The van der Waals surface area contributed by atoms with Crippen LogP contribution in [0.4, 0.5) is 0 Å². The van der Waals surface area contributed by atoms with Crippen LogP contribution in [0.3, 0.4) is 0 Å². The van der Waals surface area contributed by atoms with Crippen molar-refractivity contribution in [2.24, 2.45) is 17.8 Å². The fourth-order valence-corrected chi connectivity index (χ4v) is 8.73. The highest BCUT2D eigenvalue weighted by Crippen LogP contribution is 2.48. The minimum Gasteiger partial charge on any atom is -0.488 e. The molecule has 4 N–H and O–H groups in total. The second-order valence-electron chi connectivity index (χ2n) is 16.3. The second kappa shape index (κ2) is 15.5. The predicted octanol–water partition coefficient (Wildman–Crippen LogP) is 2.89. The van der Waals surface area contributed by atoms with Gasteiger partial charge in [0.05, 0.1) is 41.9 Å². The molecule has 0 radical (unpaired) electrons. The van der Waals surface area contributed by atoms with Crippen molar-refractivity contribution >= 4 is 5.97 Å². The van der Waals surface area contributed by atoms with Gasteiger partial charge in [-0.3, -0.25) is 4.79 Å². The van der Waals surface area contributed by atoms with Gasteiger partial charge in [-0.25, -0.2) is 0 Å². The number of carbonyl (C=O) groups is 1. The number of rotatable bonds is 9. The summed E-state index contributed by atoms with van der Waals surface area (Å²) in [6, 6.07) is -0.223. The third kappa shape index (κ3) is 7.93. The van der Waals surface area contributed by atoms with Gasteiger partial charge in [-0.2, -0.15) is 0 Å². The first kappa shape index (κ1) is 41.4. The molecule has 4 aliphatic heterocycles. The van der Waals surface area contributed by atoms with E-state index in [2.05, 4.69) is 0 Å². The maximum Gasteiger partial charge on any atom is 0.311 e. The van der Waals surface area contributed by atoms with Gasteiger partial charge in [-0.15, -0.1) is 0 Å². The summed E-state index contributed by atoms with van der Waals surface area (Å²) < 4.78 is 44.8. The normalized spacial score (nSPS) is 46.5. The molecule has 290 valence electrons. The molecule has 4 aliphatic rings. The SMILES string of the molecule is CC[C@H](O)[C@@](C)(O)[C@@H]1OC(=O)[C@H](C)[C@@H](O[C@H]2C[C@@](C)(OC)[C@@H](O)[C@H](C)O2)[C@H](C)[C@@H](O[C@@H]2O[C@H](C)C[C@H](N(C)C)[C@H]2O)[C@@]2(C)CC(C)=C(O2)[C@@H]1C. The zero-order valence-electron chi connectivity index (χ0n) is 32.4. The van der Waals surface area contributed by atoms with Crippen LogP contribution in [-0.4, -0.2) is 137 Å². The molecule has 4 rings (SSSR count). The summed E-state index contributed by atoms with van der Waals surface area (Å²) in [6.45, 7) is 18.0. The lowest BCUT2D eigenvalue weighted by atomic mass is 9.78. The van der Waals surface area contributed by atoms with Crippen LogP contribution in [0.5, 0.6) is 0 Å². The molecule has 0 amide bonds. The molecule has 17 atom stereocenters. The van der Waals surface area contributed by atoms with Crippen molar-refractivity contribution in [3.05, 3.63) is 11.3 Å².